The highest BCUT2D eigenvalue weighted by Crippen LogP contribution is 2.21. The Morgan fingerprint density at radius 2 is 0.825 bits per heavy atom. The van der Waals surface area contributed by atoms with Crippen molar-refractivity contribution in [1.29, 1.82) is 0 Å². The van der Waals surface area contributed by atoms with Crippen LogP contribution >= 0.6 is 0 Å². The van der Waals surface area contributed by atoms with Gasteiger partial charge in [0.05, 0.1) is 63.3 Å². The standard InChI is InChI=1S/C23H20O12.C9H4O5.C5H12O2.CH4/c24-18(25)12-4-6-14(16(10-12)20(28)29)22(32)34-8-2-1-3-9-35-23(33)15-7-5-13(19(26)27)11-17(15)21(30)31;10-7(11)4-1-2-5-6(3-4)9(13)14-8(5)12;6-4-2-1-3-5-7;/h4-7,10-11H,1-3,8-9H2,(H,24,25)(H,26,27)(H,28,29)(H,30,31);1-3H,(H,10,11);6-7H,1-5H2;1H4. The molecule has 0 saturated carbocycles. The van der Waals surface area contributed by atoms with Gasteiger partial charge >= 0.3 is 53.7 Å². The number of carbonyl (C=O) groups is 9. The number of benzene rings is 3. The molecule has 57 heavy (non-hydrogen) atoms. The predicted molar refractivity (Wildman–Crippen MR) is 193 cm³/mol. The zero-order chi connectivity index (χ0) is 41.9. The van der Waals surface area contributed by atoms with E-state index in [1.54, 1.807) is 0 Å². The van der Waals surface area contributed by atoms with Gasteiger partial charge in [-0.05, 0) is 93.1 Å². The van der Waals surface area contributed by atoms with Crippen molar-refractivity contribution < 1.29 is 93.1 Å². The smallest absolute Gasteiger partial charge is 0.346 e. The molecule has 19 heteroatoms. The fourth-order valence-electron chi connectivity index (χ4n) is 4.55. The number of hydrogen-bond donors (Lipinski definition) is 7. The minimum atomic E-state index is -1.48. The number of carbonyl (C=O) groups excluding carboxylic acids is 4. The predicted octanol–water partition coefficient (Wildman–Crippen LogP) is 4.14. The first-order chi connectivity index (χ1) is 26.5. The minimum Gasteiger partial charge on any atom is -0.478 e. The first-order valence-electron chi connectivity index (χ1n) is 16.4. The normalized spacial score (nSPS) is 10.8. The Balaban J connectivity index is 0.000000600. The number of aliphatic hydroxyl groups is 2. The fourth-order valence-corrected chi connectivity index (χ4v) is 4.55. The van der Waals surface area contributed by atoms with E-state index in [0.29, 0.717) is 19.3 Å². The molecule has 1 heterocycles. The molecule has 306 valence electrons. The van der Waals surface area contributed by atoms with Crippen molar-refractivity contribution in [2.24, 2.45) is 0 Å². The summed E-state index contributed by atoms with van der Waals surface area (Å²) in [5.41, 5.74) is -2.09. The van der Waals surface area contributed by atoms with Gasteiger partial charge in [-0.25, -0.2) is 43.2 Å². The molecule has 0 amide bonds. The molecule has 1 aliphatic heterocycles. The summed E-state index contributed by atoms with van der Waals surface area (Å²) in [6.07, 6.45) is 3.70. The van der Waals surface area contributed by atoms with Crippen LogP contribution in [-0.2, 0) is 14.2 Å². The molecule has 19 nitrogen and oxygen atoms in total. The number of carboxylic acids is 5. The van der Waals surface area contributed by atoms with Crippen molar-refractivity contribution in [2.75, 3.05) is 26.4 Å². The monoisotopic (exact) mass is 800 g/mol. The van der Waals surface area contributed by atoms with Crippen molar-refractivity contribution in [2.45, 2.75) is 46.0 Å². The van der Waals surface area contributed by atoms with Crippen LogP contribution in [0.5, 0.6) is 0 Å². The highest BCUT2D eigenvalue weighted by atomic mass is 16.6. The first-order valence-corrected chi connectivity index (χ1v) is 16.4. The maximum Gasteiger partial charge on any atom is 0.346 e. The lowest BCUT2D eigenvalue weighted by Gasteiger charge is -2.09. The Labute approximate surface area is 323 Å². The number of rotatable bonds is 17. The first kappa shape index (κ1) is 48.0. The minimum absolute atomic E-state index is 0. The summed E-state index contributed by atoms with van der Waals surface area (Å²) in [5.74, 6) is -10.2. The van der Waals surface area contributed by atoms with Crippen LogP contribution in [0.25, 0.3) is 0 Å². The third kappa shape index (κ3) is 14.6. The van der Waals surface area contributed by atoms with Gasteiger partial charge < -0.3 is 50.0 Å². The van der Waals surface area contributed by atoms with Gasteiger partial charge in [-0.15, -0.1) is 0 Å². The van der Waals surface area contributed by atoms with Gasteiger partial charge in [0.1, 0.15) is 0 Å². The molecule has 3 aromatic carbocycles. The van der Waals surface area contributed by atoms with Crippen LogP contribution in [0.1, 0.15) is 139 Å². The van der Waals surface area contributed by atoms with Crippen LogP contribution in [0.15, 0.2) is 54.6 Å². The number of unbranched alkanes of at least 4 members (excludes halogenated alkanes) is 4. The van der Waals surface area contributed by atoms with Crippen LogP contribution in [-0.4, -0.2) is 116 Å². The number of aliphatic hydroxyl groups excluding tert-OH is 2. The Bertz CT molecular complexity index is 1880. The van der Waals surface area contributed by atoms with Gasteiger partial charge in [0.25, 0.3) is 0 Å². The van der Waals surface area contributed by atoms with Crippen molar-refractivity contribution in [3.05, 3.63) is 105 Å². The van der Waals surface area contributed by atoms with E-state index in [1.807, 2.05) is 0 Å². The van der Waals surface area contributed by atoms with Crippen molar-refractivity contribution >= 4 is 53.7 Å². The number of aromatic carboxylic acids is 5. The average Bonchev–Trinajstić information content (AvgIpc) is 3.45. The van der Waals surface area contributed by atoms with Crippen molar-refractivity contribution in [1.82, 2.24) is 0 Å². The molecule has 0 aromatic heterocycles. The van der Waals surface area contributed by atoms with Crippen molar-refractivity contribution in [3.63, 3.8) is 0 Å². The Kier molecular flexibility index (Phi) is 20.0. The van der Waals surface area contributed by atoms with Crippen LogP contribution in [0.3, 0.4) is 0 Å². The van der Waals surface area contributed by atoms with E-state index in [1.165, 1.54) is 12.1 Å². The topological polar surface area (TPSA) is 323 Å². The quantitative estimate of drug-likeness (QED) is 0.0436. The zero-order valence-electron chi connectivity index (χ0n) is 29.3. The maximum absolute atomic E-state index is 12.2. The Hall–Kier alpha value is -6.99. The third-order valence-corrected chi connectivity index (χ3v) is 7.40. The lowest BCUT2D eigenvalue weighted by atomic mass is 10.0. The molecule has 0 spiro atoms. The Morgan fingerprint density at radius 3 is 1.21 bits per heavy atom. The van der Waals surface area contributed by atoms with Gasteiger partial charge in [-0.1, -0.05) is 7.43 Å². The molecule has 0 saturated heterocycles. The highest BCUT2D eigenvalue weighted by molar-refractivity contribution is 6.15. The van der Waals surface area contributed by atoms with Crippen LogP contribution in [0.2, 0.25) is 0 Å². The summed E-state index contributed by atoms with van der Waals surface area (Å²) in [6.45, 7) is 0.346. The van der Waals surface area contributed by atoms with Gasteiger partial charge in [-0.2, -0.15) is 0 Å². The molecule has 0 atom stereocenters. The van der Waals surface area contributed by atoms with Crippen LogP contribution < -0.4 is 0 Å². The average molecular weight is 801 g/mol. The van der Waals surface area contributed by atoms with Gasteiger partial charge in [0, 0.05) is 13.2 Å². The zero-order valence-corrected chi connectivity index (χ0v) is 29.3. The molecule has 7 N–H and O–H groups in total. The molecular weight excluding hydrogens is 760 g/mol. The highest BCUT2D eigenvalue weighted by Gasteiger charge is 2.30. The summed E-state index contributed by atoms with van der Waals surface area (Å²) in [6, 6.07) is 9.67. The fraction of sp³-hybridized carbons (Fsp3) is 0.289. The van der Waals surface area contributed by atoms with E-state index in [4.69, 9.17) is 35.0 Å². The molecular formula is C38H40O19. The largest absolute Gasteiger partial charge is 0.478 e. The molecule has 0 unspecified atom stereocenters. The molecule has 0 aliphatic carbocycles. The van der Waals surface area contributed by atoms with Crippen LogP contribution in [0.4, 0.5) is 0 Å². The lowest BCUT2D eigenvalue weighted by molar-refractivity contribution is 0.0435. The Morgan fingerprint density at radius 1 is 0.456 bits per heavy atom. The summed E-state index contributed by atoms with van der Waals surface area (Å²) >= 11 is 0. The number of hydrogen-bond acceptors (Lipinski definition) is 14. The summed E-state index contributed by atoms with van der Waals surface area (Å²) in [4.78, 5) is 101. The number of cyclic esters (lactones) is 2. The number of carboxylic acid groups (broad SMARTS) is 5. The summed E-state index contributed by atoms with van der Waals surface area (Å²) < 4.78 is 14.3. The molecule has 0 bridgehead atoms. The van der Waals surface area contributed by atoms with Crippen molar-refractivity contribution in [3.8, 4) is 0 Å². The molecule has 1 aliphatic rings. The number of esters is 4. The van der Waals surface area contributed by atoms with E-state index in [9.17, 15) is 53.4 Å². The van der Waals surface area contributed by atoms with E-state index in [2.05, 4.69) is 4.74 Å². The number of fused-ring (bicyclic) bond motifs is 1. The maximum atomic E-state index is 12.2. The van der Waals surface area contributed by atoms with E-state index >= 15 is 0 Å². The van der Waals surface area contributed by atoms with E-state index < -0.39 is 64.9 Å². The second kappa shape index (κ2) is 23.7. The summed E-state index contributed by atoms with van der Waals surface area (Å²) in [7, 11) is 0. The molecule has 0 fully saturated rings. The van der Waals surface area contributed by atoms with Crippen LogP contribution in [0, 0.1) is 0 Å². The van der Waals surface area contributed by atoms with E-state index in [-0.39, 0.29) is 72.8 Å². The molecule has 3 aromatic rings. The number of ether oxygens (including phenoxy) is 3. The molecule has 4 rings (SSSR count). The third-order valence-electron chi connectivity index (χ3n) is 7.40. The van der Waals surface area contributed by atoms with E-state index in [0.717, 1.165) is 61.7 Å². The second-order valence-electron chi connectivity index (χ2n) is 11.3. The lowest BCUT2D eigenvalue weighted by Crippen LogP contribution is -2.14. The van der Waals surface area contributed by atoms with Gasteiger partial charge in [0.15, 0.2) is 0 Å². The molecule has 0 radical (unpaired) electrons. The summed E-state index contributed by atoms with van der Waals surface area (Å²) in [5, 5.41) is 61.3. The SMILES string of the molecule is C.O=C(O)c1ccc(C(=O)OCCCCCOC(=O)c2ccc(C(=O)O)cc2C(=O)O)c(C(=O)O)c1.O=C(O)c1ccc2c(c1)C(=O)OC2=O.OCCCCCO. The van der Waals surface area contributed by atoms with Gasteiger partial charge in [0.2, 0.25) is 0 Å². The van der Waals surface area contributed by atoms with Gasteiger partial charge in [-0.3, -0.25) is 0 Å². The second-order valence-corrected chi connectivity index (χ2v) is 11.3.